The number of nitrogens with zero attached hydrogens (tertiary/aromatic N) is 1. The van der Waals surface area contributed by atoms with Crippen molar-refractivity contribution in [3.8, 4) is 0 Å². The second-order valence-corrected chi connectivity index (χ2v) is 7.80. The molecule has 1 aliphatic heterocycles. The van der Waals surface area contributed by atoms with Gasteiger partial charge >= 0.3 is 5.69 Å². The number of carbonyl (C=O) groups is 2. The maximum absolute atomic E-state index is 13.0. The molecule has 2 heterocycles. The molecule has 31 heavy (non-hydrogen) atoms. The van der Waals surface area contributed by atoms with Crippen LogP contribution in [0, 0.1) is 5.82 Å². The lowest BCUT2D eigenvalue weighted by atomic mass is 10.0. The number of halogens is 1. The maximum atomic E-state index is 13.0. The summed E-state index contributed by atoms with van der Waals surface area (Å²) in [6.45, 7) is 3.20. The molecule has 3 aromatic rings. The molecule has 0 radical (unpaired) electrons. The van der Waals surface area contributed by atoms with Gasteiger partial charge in [-0.3, -0.25) is 14.5 Å². The summed E-state index contributed by atoms with van der Waals surface area (Å²) in [5, 5.41) is 5.87. The number of imidazole rings is 1. The molecular weight excluding hydrogens is 401 g/mol. The molecule has 4 rings (SSSR count). The first-order valence-corrected chi connectivity index (χ1v) is 10.2. The van der Waals surface area contributed by atoms with Crippen molar-refractivity contribution < 1.29 is 14.0 Å². The SMILES string of the molecule is CC(C(=O)Nc1ccc2[nH]c(=O)[nH]c2c1)N1CCC(NC(=O)c2ccc(F)cc2)CC1. The molecule has 0 bridgehead atoms. The highest BCUT2D eigenvalue weighted by atomic mass is 19.1. The normalized spacial score (nSPS) is 16.2. The van der Waals surface area contributed by atoms with Crippen LogP contribution in [0.1, 0.15) is 30.1 Å². The van der Waals surface area contributed by atoms with Gasteiger partial charge in [0.2, 0.25) is 5.91 Å². The first-order valence-electron chi connectivity index (χ1n) is 10.2. The van der Waals surface area contributed by atoms with Gasteiger partial charge in [0.1, 0.15) is 5.82 Å². The van der Waals surface area contributed by atoms with E-state index in [1.165, 1.54) is 24.3 Å². The lowest BCUT2D eigenvalue weighted by Gasteiger charge is -2.35. The molecule has 1 unspecified atom stereocenters. The van der Waals surface area contributed by atoms with E-state index < -0.39 is 0 Å². The zero-order valence-corrected chi connectivity index (χ0v) is 17.1. The largest absolute Gasteiger partial charge is 0.349 e. The summed E-state index contributed by atoms with van der Waals surface area (Å²) in [4.78, 5) is 43.8. The van der Waals surface area contributed by atoms with Crippen LogP contribution in [0.3, 0.4) is 0 Å². The van der Waals surface area contributed by atoms with E-state index in [2.05, 4.69) is 25.5 Å². The fourth-order valence-corrected chi connectivity index (χ4v) is 3.82. The van der Waals surface area contributed by atoms with E-state index >= 15 is 0 Å². The fourth-order valence-electron chi connectivity index (χ4n) is 3.82. The van der Waals surface area contributed by atoms with E-state index in [0.717, 1.165) is 12.8 Å². The average Bonchev–Trinajstić information content (AvgIpc) is 3.13. The standard InChI is InChI=1S/C22H24FN5O3/c1-13(20(29)25-17-6-7-18-19(12-17)27-22(31)26-18)28-10-8-16(9-11-28)24-21(30)14-2-4-15(23)5-3-14/h2-7,12-13,16H,8-11H2,1H3,(H,24,30)(H,25,29)(H2,26,27,31). The Morgan fingerprint density at radius 1 is 1.06 bits per heavy atom. The molecule has 0 saturated carbocycles. The number of hydrogen-bond acceptors (Lipinski definition) is 4. The highest BCUT2D eigenvalue weighted by molar-refractivity contribution is 5.96. The molecule has 2 aromatic carbocycles. The molecular formula is C22H24FN5O3. The predicted molar refractivity (Wildman–Crippen MR) is 115 cm³/mol. The third-order valence-electron chi connectivity index (χ3n) is 5.68. The molecule has 1 aliphatic rings. The number of benzene rings is 2. The summed E-state index contributed by atoms with van der Waals surface area (Å²) in [6, 6.07) is 10.3. The summed E-state index contributed by atoms with van der Waals surface area (Å²) in [7, 11) is 0. The molecule has 0 aliphatic carbocycles. The number of fused-ring (bicyclic) bond motifs is 1. The van der Waals surface area contributed by atoms with E-state index in [4.69, 9.17) is 0 Å². The van der Waals surface area contributed by atoms with Crippen molar-refractivity contribution in [2.24, 2.45) is 0 Å². The van der Waals surface area contributed by atoms with Gasteiger partial charge in [-0.15, -0.1) is 0 Å². The summed E-state index contributed by atoms with van der Waals surface area (Å²) < 4.78 is 13.0. The van der Waals surface area contributed by atoms with E-state index in [-0.39, 0.29) is 35.4 Å². The number of aromatic nitrogens is 2. The number of aromatic amines is 2. The second kappa shape index (κ2) is 8.73. The molecule has 9 heteroatoms. The number of hydrogen-bond donors (Lipinski definition) is 4. The summed E-state index contributed by atoms with van der Waals surface area (Å²) in [6.07, 6.45) is 1.45. The Morgan fingerprint density at radius 2 is 1.74 bits per heavy atom. The van der Waals surface area contributed by atoms with E-state index in [1.807, 2.05) is 6.92 Å². The summed E-state index contributed by atoms with van der Waals surface area (Å²) in [5.74, 6) is -0.730. The molecule has 8 nitrogen and oxygen atoms in total. The number of nitrogens with one attached hydrogen (secondary N) is 4. The summed E-state index contributed by atoms with van der Waals surface area (Å²) in [5.41, 5.74) is 2.06. The van der Waals surface area contributed by atoms with Crippen molar-refractivity contribution in [1.29, 1.82) is 0 Å². The number of rotatable bonds is 5. The predicted octanol–water partition coefficient (Wildman–Crippen LogP) is 2.22. The minimum atomic E-state index is -0.376. The molecule has 0 spiro atoms. The van der Waals surface area contributed by atoms with Gasteiger partial charge in [-0.25, -0.2) is 9.18 Å². The third-order valence-corrected chi connectivity index (χ3v) is 5.68. The minimum absolute atomic E-state index is 0.0110. The van der Waals surface area contributed by atoms with Crippen LogP contribution in [0.5, 0.6) is 0 Å². The Bertz CT molecular complexity index is 1150. The lowest BCUT2D eigenvalue weighted by Crippen LogP contribution is -2.50. The van der Waals surface area contributed by atoms with Crippen LogP contribution in [0.2, 0.25) is 0 Å². The van der Waals surface area contributed by atoms with Crippen LogP contribution in [0.15, 0.2) is 47.3 Å². The minimum Gasteiger partial charge on any atom is -0.349 e. The van der Waals surface area contributed by atoms with Crippen LogP contribution in [0.25, 0.3) is 11.0 Å². The van der Waals surface area contributed by atoms with Crippen molar-refractivity contribution in [2.45, 2.75) is 31.8 Å². The van der Waals surface area contributed by atoms with Gasteiger partial charge < -0.3 is 20.6 Å². The number of likely N-dealkylation sites (tertiary alicyclic amines) is 1. The van der Waals surface area contributed by atoms with Crippen LogP contribution < -0.4 is 16.3 Å². The molecule has 1 fully saturated rings. The van der Waals surface area contributed by atoms with E-state index in [0.29, 0.717) is 35.4 Å². The molecule has 4 N–H and O–H groups in total. The number of H-pyrrole nitrogens is 2. The van der Waals surface area contributed by atoms with Crippen molar-refractivity contribution in [3.05, 3.63) is 64.3 Å². The smallest absolute Gasteiger partial charge is 0.323 e. The molecule has 1 atom stereocenters. The quantitative estimate of drug-likeness (QED) is 0.502. The van der Waals surface area contributed by atoms with Gasteiger partial charge in [0.05, 0.1) is 17.1 Å². The topological polar surface area (TPSA) is 110 Å². The van der Waals surface area contributed by atoms with Gasteiger partial charge in [0.25, 0.3) is 5.91 Å². The zero-order chi connectivity index (χ0) is 22.0. The fraction of sp³-hybridized carbons (Fsp3) is 0.318. The number of piperidine rings is 1. The Labute approximate surface area is 177 Å². The maximum Gasteiger partial charge on any atom is 0.323 e. The number of anilines is 1. The Balaban J connectivity index is 1.29. The third kappa shape index (κ3) is 4.83. The van der Waals surface area contributed by atoms with Gasteiger partial charge in [-0.05, 0) is 62.2 Å². The first kappa shape index (κ1) is 20.8. The van der Waals surface area contributed by atoms with Crippen molar-refractivity contribution >= 4 is 28.5 Å². The summed E-state index contributed by atoms with van der Waals surface area (Å²) >= 11 is 0. The van der Waals surface area contributed by atoms with Crippen molar-refractivity contribution in [2.75, 3.05) is 18.4 Å². The van der Waals surface area contributed by atoms with Crippen LogP contribution in [0.4, 0.5) is 10.1 Å². The van der Waals surface area contributed by atoms with E-state index in [1.54, 1.807) is 18.2 Å². The lowest BCUT2D eigenvalue weighted by molar-refractivity contribution is -0.121. The Hall–Kier alpha value is -3.46. The van der Waals surface area contributed by atoms with Gasteiger partial charge in [-0.1, -0.05) is 0 Å². The second-order valence-electron chi connectivity index (χ2n) is 7.80. The number of amides is 2. The molecule has 1 aromatic heterocycles. The van der Waals surface area contributed by atoms with Crippen LogP contribution in [-0.2, 0) is 4.79 Å². The van der Waals surface area contributed by atoms with Gasteiger partial charge in [-0.2, -0.15) is 0 Å². The van der Waals surface area contributed by atoms with Crippen LogP contribution >= 0.6 is 0 Å². The highest BCUT2D eigenvalue weighted by Crippen LogP contribution is 2.18. The Kier molecular flexibility index (Phi) is 5.85. The average molecular weight is 425 g/mol. The zero-order valence-electron chi connectivity index (χ0n) is 17.1. The molecule has 1 saturated heterocycles. The molecule has 2 amide bonds. The highest BCUT2D eigenvalue weighted by Gasteiger charge is 2.27. The van der Waals surface area contributed by atoms with Crippen LogP contribution in [-0.4, -0.2) is 51.9 Å². The monoisotopic (exact) mass is 425 g/mol. The molecule has 162 valence electrons. The van der Waals surface area contributed by atoms with Crippen molar-refractivity contribution in [1.82, 2.24) is 20.2 Å². The van der Waals surface area contributed by atoms with Gasteiger partial charge in [0.15, 0.2) is 0 Å². The van der Waals surface area contributed by atoms with Crippen molar-refractivity contribution in [3.63, 3.8) is 0 Å². The Morgan fingerprint density at radius 3 is 2.45 bits per heavy atom. The van der Waals surface area contributed by atoms with E-state index in [9.17, 15) is 18.8 Å². The van der Waals surface area contributed by atoms with Gasteiger partial charge in [0, 0.05) is 30.4 Å². The number of carbonyl (C=O) groups excluding carboxylic acids is 2. The first-order chi connectivity index (χ1) is 14.9.